The lowest BCUT2D eigenvalue weighted by Crippen LogP contribution is -2.33. The molecule has 0 saturated carbocycles. The van der Waals surface area contributed by atoms with Crippen molar-refractivity contribution >= 4 is 11.6 Å². The standard InChI is InChI=1S/C10H15N3/c1-8-4-6-9(7-5-8)13(3)10(11)12-2/h4-7H,1-3H3,(H2,11,12). The Morgan fingerprint density at radius 3 is 2.31 bits per heavy atom. The SMILES string of the molecule is CN=C(N)N(C)c1ccc(C)cc1. The van der Waals surface area contributed by atoms with Crippen LogP contribution in [-0.2, 0) is 0 Å². The fraction of sp³-hybridized carbons (Fsp3) is 0.300. The van der Waals surface area contributed by atoms with Crippen LogP contribution in [0.5, 0.6) is 0 Å². The van der Waals surface area contributed by atoms with Crippen LogP contribution >= 0.6 is 0 Å². The first-order valence-electron chi connectivity index (χ1n) is 4.18. The molecule has 1 rings (SSSR count). The van der Waals surface area contributed by atoms with Crippen molar-refractivity contribution in [2.75, 3.05) is 19.0 Å². The zero-order valence-electron chi connectivity index (χ0n) is 8.28. The lowest BCUT2D eigenvalue weighted by molar-refractivity contribution is 1.20. The monoisotopic (exact) mass is 177 g/mol. The second-order valence-corrected chi connectivity index (χ2v) is 2.98. The first-order valence-corrected chi connectivity index (χ1v) is 4.18. The van der Waals surface area contributed by atoms with Gasteiger partial charge >= 0.3 is 0 Å². The fourth-order valence-electron chi connectivity index (χ4n) is 1.05. The normalized spacial score (nSPS) is 11.5. The molecule has 0 radical (unpaired) electrons. The van der Waals surface area contributed by atoms with Crippen LogP contribution in [0.1, 0.15) is 5.56 Å². The first-order chi connectivity index (χ1) is 6.15. The summed E-state index contributed by atoms with van der Waals surface area (Å²) in [6.45, 7) is 2.06. The van der Waals surface area contributed by atoms with E-state index in [-0.39, 0.29) is 0 Å². The van der Waals surface area contributed by atoms with E-state index in [0.29, 0.717) is 5.96 Å². The summed E-state index contributed by atoms with van der Waals surface area (Å²) < 4.78 is 0. The van der Waals surface area contributed by atoms with E-state index in [1.165, 1.54) is 5.56 Å². The Morgan fingerprint density at radius 1 is 1.31 bits per heavy atom. The molecule has 0 aliphatic rings. The first kappa shape index (κ1) is 9.58. The summed E-state index contributed by atoms with van der Waals surface area (Å²) in [7, 11) is 3.58. The van der Waals surface area contributed by atoms with Gasteiger partial charge in [-0.2, -0.15) is 0 Å². The highest BCUT2D eigenvalue weighted by molar-refractivity contribution is 5.94. The van der Waals surface area contributed by atoms with Crippen LogP contribution < -0.4 is 10.6 Å². The molecular weight excluding hydrogens is 162 g/mol. The Morgan fingerprint density at radius 2 is 1.85 bits per heavy atom. The highest BCUT2D eigenvalue weighted by Gasteiger charge is 2.02. The molecule has 1 aromatic carbocycles. The molecular formula is C10H15N3. The summed E-state index contributed by atoms with van der Waals surface area (Å²) in [5, 5.41) is 0. The zero-order chi connectivity index (χ0) is 9.84. The summed E-state index contributed by atoms with van der Waals surface area (Å²) in [5.74, 6) is 0.517. The molecule has 0 fully saturated rings. The number of nitrogens with two attached hydrogens (primary N) is 1. The van der Waals surface area contributed by atoms with Crippen molar-refractivity contribution in [1.82, 2.24) is 0 Å². The van der Waals surface area contributed by atoms with Crippen LogP contribution in [0.3, 0.4) is 0 Å². The number of guanidine groups is 1. The van der Waals surface area contributed by atoms with Gasteiger partial charge in [-0.05, 0) is 19.1 Å². The largest absolute Gasteiger partial charge is 0.370 e. The molecule has 13 heavy (non-hydrogen) atoms. The van der Waals surface area contributed by atoms with Gasteiger partial charge in [0.25, 0.3) is 0 Å². The molecule has 0 bridgehead atoms. The zero-order valence-corrected chi connectivity index (χ0v) is 8.28. The van der Waals surface area contributed by atoms with Crippen LogP contribution in [0, 0.1) is 6.92 Å². The molecule has 3 nitrogen and oxygen atoms in total. The van der Waals surface area contributed by atoms with Crippen LogP contribution in [-0.4, -0.2) is 20.1 Å². The van der Waals surface area contributed by atoms with Crippen LogP contribution in [0.15, 0.2) is 29.3 Å². The van der Waals surface area contributed by atoms with E-state index in [1.54, 1.807) is 7.05 Å². The van der Waals surface area contributed by atoms with E-state index in [0.717, 1.165) is 5.69 Å². The number of rotatable bonds is 1. The highest BCUT2D eigenvalue weighted by atomic mass is 15.2. The molecule has 1 aromatic rings. The Hall–Kier alpha value is -1.51. The highest BCUT2D eigenvalue weighted by Crippen LogP contribution is 2.12. The molecule has 0 spiro atoms. The van der Waals surface area contributed by atoms with Gasteiger partial charge in [-0.15, -0.1) is 0 Å². The van der Waals surface area contributed by atoms with Crippen LogP contribution in [0.25, 0.3) is 0 Å². The van der Waals surface area contributed by atoms with Gasteiger partial charge in [0.2, 0.25) is 0 Å². The lowest BCUT2D eigenvalue weighted by Gasteiger charge is -2.17. The molecule has 0 aromatic heterocycles. The number of hydrogen-bond acceptors (Lipinski definition) is 1. The van der Waals surface area contributed by atoms with E-state index in [4.69, 9.17) is 5.73 Å². The van der Waals surface area contributed by atoms with Crippen molar-refractivity contribution in [2.45, 2.75) is 6.92 Å². The summed E-state index contributed by atoms with van der Waals surface area (Å²) in [6, 6.07) is 8.14. The summed E-state index contributed by atoms with van der Waals surface area (Å²) in [4.78, 5) is 5.75. The van der Waals surface area contributed by atoms with Crippen molar-refractivity contribution < 1.29 is 0 Å². The Labute approximate surface area is 78.9 Å². The van der Waals surface area contributed by atoms with Crippen LogP contribution in [0.4, 0.5) is 5.69 Å². The molecule has 0 atom stereocenters. The van der Waals surface area contributed by atoms with Gasteiger partial charge < -0.3 is 10.6 Å². The van der Waals surface area contributed by atoms with Crippen molar-refractivity contribution in [3.63, 3.8) is 0 Å². The van der Waals surface area contributed by atoms with E-state index >= 15 is 0 Å². The molecule has 0 heterocycles. The number of anilines is 1. The summed E-state index contributed by atoms with van der Waals surface area (Å²) in [5.41, 5.74) is 7.95. The molecule has 3 heteroatoms. The maximum absolute atomic E-state index is 5.66. The van der Waals surface area contributed by atoms with Gasteiger partial charge in [-0.25, -0.2) is 0 Å². The van der Waals surface area contributed by atoms with Crippen molar-refractivity contribution in [3.05, 3.63) is 29.8 Å². The number of benzene rings is 1. The minimum atomic E-state index is 0.517. The average molecular weight is 177 g/mol. The Kier molecular flexibility index (Phi) is 2.90. The molecule has 0 amide bonds. The summed E-state index contributed by atoms with van der Waals surface area (Å²) >= 11 is 0. The second kappa shape index (κ2) is 3.94. The maximum atomic E-state index is 5.66. The predicted molar refractivity (Wildman–Crippen MR) is 57.1 cm³/mol. The number of aliphatic imine (C=N–C) groups is 1. The third kappa shape index (κ3) is 2.21. The van der Waals surface area contributed by atoms with Gasteiger partial charge in [0, 0.05) is 19.8 Å². The molecule has 0 saturated heterocycles. The minimum Gasteiger partial charge on any atom is -0.370 e. The number of nitrogens with zero attached hydrogens (tertiary/aromatic N) is 2. The number of hydrogen-bond donors (Lipinski definition) is 1. The fourth-order valence-corrected chi connectivity index (χ4v) is 1.05. The maximum Gasteiger partial charge on any atom is 0.195 e. The van der Waals surface area contributed by atoms with E-state index in [9.17, 15) is 0 Å². The van der Waals surface area contributed by atoms with Gasteiger partial charge in [-0.3, -0.25) is 4.99 Å². The van der Waals surface area contributed by atoms with Gasteiger partial charge in [-0.1, -0.05) is 17.7 Å². The Bertz CT molecular complexity index is 300. The van der Waals surface area contributed by atoms with E-state index in [1.807, 2.05) is 24.1 Å². The molecule has 2 N–H and O–H groups in total. The van der Waals surface area contributed by atoms with E-state index < -0.39 is 0 Å². The predicted octanol–water partition coefficient (Wildman–Crippen LogP) is 1.38. The van der Waals surface area contributed by atoms with Crippen molar-refractivity contribution in [2.24, 2.45) is 10.7 Å². The molecule has 70 valence electrons. The van der Waals surface area contributed by atoms with Crippen molar-refractivity contribution in [3.8, 4) is 0 Å². The smallest absolute Gasteiger partial charge is 0.195 e. The molecule has 0 unspecified atom stereocenters. The molecule has 0 aliphatic heterocycles. The summed E-state index contributed by atoms with van der Waals surface area (Å²) in [6.07, 6.45) is 0. The number of aryl methyl sites for hydroxylation is 1. The topological polar surface area (TPSA) is 41.6 Å². The third-order valence-corrected chi connectivity index (χ3v) is 1.99. The van der Waals surface area contributed by atoms with Crippen molar-refractivity contribution in [1.29, 1.82) is 0 Å². The van der Waals surface area contributed by atoms with Gasteiger partial charge in [0.05, 0.1) is 0 Å². The Balaban J connectivity index is 2.89. The average Bonchev–Trinajstić information content (AvgIpc) is 2.17. The minimum absolute atomic E-state index is 0.517. The van der Waals surface area contributed by atoms with Crippen LogP contribution in [0.2, 0.25) is 0 Å². The van der Waals surface area contributed by atoms with E-state index in [2.05, 4.69) is 24.0 Å². The quantitative estimate of drug-likeness (QED) is 0.520. The second-order valence-electron chi connectivity index (χ2n) is 2.98. The lowest BCUT2D eigenvalue weighted by atomic mass is 10.2. The van der Waals surface area contributed by atoms with Gasteiger partial charge in [0.15, 0.2) is 5.96 Å². The van der Waals surface area contributed by atoms with Gasteiger partial charge in [0.1, 0.15) is 0 Å². The molecule has 0 aliphatic carbocycles. The third-order valence-electron chi connectivity index (χ3n) is 1.99.